The number of benzene rings is 2. The van der Waals surface area contributed by atoms with Crippen LogP contribution in [0, 0.1) is 5.82 Å². The summed E-state index contributed by atoms with van der Waals surface area (Å²) in [4.78, 5) is 27.9. The summed E-state index contributed by atoms with van der Waals surface area (Å²) < 4.78 is 18.6. The van der Waals surface area contributed by atoms with Gasteiger partial charge in [-0.15, -0.1) is 0 Å². The van der Waals surface area contributed by atoms with Crippen LogP contribution in [0.5, 0.6) is 0 Å². The fraction of sp³-hybridized carbons (Fsp3) is 0.111. The van der Waals surface area contributed by atoms with Gasteiger partial charge in [-0.25, -0.2) is 9.18 Å². The summed E-state index contributed by atoms with van der Waals surface area (Å²) in [5.41, 5.74) is 0.926. The molecular formula is C18H13ClFNO3. The lowest BCUT2D eigenvalue weighted by molar-refractivity contribution is 0.0518. The Morgan fingerprint density at radius 2 is 1.88 bits per heavy atom. The molecule has 0 aliphatic heterocycles. The smallest absolute Gasteiger partial charge is 0.355 e. The van der Waals surface area contributed by atoms with Crippen molar-refractivity contribution >= 4 is 34.3 Å². The molecule has 122 valence electrons. The molecule has 0 aliphatic rings. The molecule has 0 spiro atoms. The number of halogens is 2. The first kappa shape index (κ1) is 16.2. The van der Waals surface area contributed by atoms with Gasteiger partial charge in [-0.1, -0.05) is 11.6 Å². The third-order valence-corrected chi connectivity index (χ3v) is 3.83. The summed E-state index contributed by atoms with van der Waals surface area (Å²) in [6, 6.07) is 10.2. The van der Waals surface area contributed by atoms with Gasteiger partial charge >= 0.3 is 5.97 Å². The molecule has 6 heteroatoms. The van der Waals surface area contributed by atoms with E-state index in [9.17, 15) is 14.0 Å². The first-order valence-corrected chi connectivity index (χ1v) is 7.67. The van der Waals surface area contributed by atoms with Crippen molar-refractivity contribution in [2.75, 3.05) is 6.61 Å². The predicted octanol–water partition coefficient (Wildman–Crippen LogP) is 4.37. The number of H-pyrrole nitrogens is 1. The highest BCUT2D eigenvalue weighted by molar-refractivity contribution is 6.30. The summed E-state index contributed by atoms with van der Waals surface area (Å²) in [7, 11) is 0. The third kappa shape index (κ3) is 2.90. The molecule has 0 radical (unpaired) electrons. The number of hydrogen-bond acceptors (Lipinski definition) is 3. The van der Waals surface area contributed by atoms with Gasteiger partial charge in [0.2, 0.25) is 0 Å². The second-order valence-corrected chi connectivity index (χ2v) is 5.56. The number of ketones is 1. The SMILES string of the molecule is CCOC(=O)c1[nH]c2ccc(F)cc2c1C(=O)c1ccc(Cl)cc1. The molecule has 0 fully saturated rings. The molecule has 24 heavy (non-hydrogen) atoms. The van der Waals surface area contributed by atoms with Crippen LogP contribution in [-0.2, 0) is 4.74 Å². The molecule has 1 N–H and O–H groups in total. The fourth-order valence-electron chi connectivity index (χ4n) is 2.50. The van der Waals surface area contributed by atoms with E-state index >= 15 is 0 Å². The number of hydrogen-bond donors (Lipinski definition) is 1. The minimum absolute atomic E-state index is 0.0115. The number of carbonyl (C=O) groups excluding carboxylic acids is 2. The van der Waals surface area contributed by atoms with Crippen molar-refractivity contribution in [3.05, 3.63) is 70.1 Å². The lowest BCUT2D eigenvalue weighted by Gasteiger charge is -2.05. The van der Waals surface area contributed by atoms with Gasteiger partial charge in [-0.05, 0) is 49.4 Å². The zero-order chi connectivity index (χ0) is 17.3. The average molecular weight is 346 g/mol. The van der Waals surface area contributed by atoms with Crippen molar-refractivity contribution in [3.63, 3.8) is 0 Å². The molecule has 3 aromatic rings. The molecule has 0 unspecified atom stereocenters. The lowest BCUT2D eigenvalue weighted by Crippen LogP contribution is -2.12. The Morgan fingerprint density at radius 3 is 2.54 bits per heavy atom. The molecule has 3 rings (SSSR count). The quantitative estimate of drug-likeness (QED) is 0.564. The highest BCUT2D eigenvalue weighted by atomic mass is 35.5. The van der Waals surface area contributed by atoms with Gasteiger partial charge in [-0.2, -0.15) is 0 Å². The molecule has 2 aromatic carbocycles. The van der Waals surface area contributed by atoms with E-state index in [0.717, 1.165) is 0 Å². The van der Waals surface area contributed by atoms with Gasteiger partial charge in [0.1, 0.15) is 11.5 Å². The standard InChI is InChI=1S/C18H13ClFNO3/c1-2-24-18(23)16-15(13-9-12(20)7-8-14(13)21-16)17(22)10-3-5-11(19)6-4-10/h3-9,21H,2H2,1H3. The molecule has 1 aromatic heterocycles. The van der Waals surface area contributed by atoms with E-state index in [2.05, 4.69) is 4.98 Å². The van der Waals surface area contributed by atoms with Gasteiger partial charge < -0.3 is 9.72 Å². The molecule has 4 nitrogen and oxygen atoms in total. The van der Waals surface area contributed by atoms with Gasteiger partial charge in [0, 0.05) is 21.5 Å². The molecule has 0 atom stereocenters. The van der Waals surface area contributed by atoms with Gasteiger partial charge in [0.15, 0.2) is 5.78 Å². The normalized spacial score (nSPS) is 10.8. The van der Waals surface area contributed by atoms with Crippen molar-refractivity contribution < 1.29 is 18.7 Å². The maximum absolute atomic E-state index is 13.6. The Morgan fingerprint density at radius 1 is 1.17 bits per heavy atom. The zero-order valence-corrected chi connectivity index (χ0v) is 13.5. The Balaban J connectivity index is 2.21. The van der Waals surface area contributed by atoms with Crippen LogP contribution in [0.3, 0.4) is 0 Å². The summed E-state index contributed by atoms with van der Waals surface area (Å²) in [5, 5.41) is 0.820. The summed E-state index contributed by atoms with van der Waals surface area (Å²) in [6.07, 6.45) is 0. The highest BCUT2D eigenvalue weighted by Gasteiger charge is 2.25. The maximum Gasteiger partial charge on any atom is 0.355 e. The van der Waals surface area contributed by atoms with Crippen LogP contribution in [0.25, 0.3) is 10.9 Å². The number of nitrogens with one attached hydrogen (secondary N) is 1. The number of aromatic amines is 1. The average Bonchev–Trinajstić information content (AvgIpc) is 2.93. The lowest BCUT2D eigenvalue weighted by atomic mass is 10.00. The number of esters is 1. The summed E-state index contributed by atoms with van der Waals surface area (Å²) >= 11 is 5.84. The van der Waals surface area contributed by atoms with E-state index in [0.29, 0.717) is 21.5 Å². The number of aromatic nitrogens is 1. The van der Waals surface area contributed by atoms with Crippen LogP contribution in [0.1, 0.15) is 33.3 Å². The van der Waals surface area contributed by atoms with Crippen LogP contribution < -0.4 is 0 Å². The van der Waals surface area contributed by atoms with Crippen molar-refractivity contribution in [1.29, 1.82) is 0 Å². The van der Waals surface area contributed by atoms with Crippen molar-refractivity contribution in [2.45, 2.75) is 6.92 Å². The summed E-state index contributed by atoms with van der Waals surface area (Å²) in [5.74, 6) is -1.57. The van der Waals surface area contributed by atoms with Crippen LogP contribution in [-0.4, -0.2) is 23.3 Å². The topological polar surface area (TPSA) is 59.2 Å². The molecule has 0 saturated heterocycles. The van der Waals surface area contributed by atoms with Crippen LogP contribution >= 0.6 is 11.6 Å². The van der Waals surface area contributed by atoms with Gasteiger partial charge in [-0.3, -0.25) is 4.79 Å². The number of rotatable bonds is 4. The fourth-order valence-corrected chi connectivity index (χ4v) is 2.63. The van der Waals surface area contributed by atoms with Gasteiger partial charge in [0.05, 0.1) is 12.2 Å². The van der Waals surface area contributed by atoms with Crippen LogP contribution in [0.15, 0.2) is 42.5 Å². The number of fused-ring (bicyclic) bond motifs is 1. The number of ether oxygens (including phenoxy) is 1. The Labute approximate surface area is 142 Å². The van der Waals surface area contributed by atoms with E-state index in [1.54, 1.807) is 31.2 Å². The molecule has 0 aliphatic carbocycles. The minimum atomic E-state index is -0.661. The highest BCUT2D eigenvalue weighted by Crippen LogP contribution is 2.27. The van der Waals surface area contributed by atoms with E-state index in [4.69, 9.17) is 16.3 Å². The second kappa shape index (κ2) is 6.45. The minimum Gasteiger partial charge on any atom is -0.461 e. The Kier molecular flexibility index (Phi) is 4.36. The first-order valence-electron chi connectivity index (χ1n) is 7.30. The molecule has 0 saturated carbocycles. The molecular weight excluding hydrogens is 333 g/mol. The van der Waals surface area contributed by atoms with E-state index in [1.807, 2.05) is 0 Å². The molecule has 0 amide bonds. The monoisotopic (exact) mass is 345 g/mol. The predicted molar refractivity (Wildman–Crippen MR) is 89.1 cm³/mol. The molecule has 1 heterocycles. The van der Waals surface area contributed by atoms with Crippen molar-refractivity contribution in [3.8, 4) is 0 Å². The molecule has 0 bridgehead atoms. The summed E-state index contributed by atoms with van der Waals surface area (Å²) in [6.45, 7) is 1.83. The van der Waals surface area contributed by atoms with Crippen LogP contribution in [0.4, 0.5) is 4.39 Å². The van der Waals surface area contributed by atoms with E-state index < -0.39 is 17.6 Å². The zero-order valence-electron chi connectivity index (χ0n) is 12.7. The van der Waals surface area contributed by atoms with Crippen molar-refractivity contribution in [1.82, 2.24) is 4.98 Å². The third-order valence-electron chi connectivity index (χ3n) is 3.57. The number of carbonyl (C=O) groups is 2. The van der Waals surface area contributed by atoms with E-state index in [1.165, 1.54) is 18.2 Å². The largest absolute Gasteiger partial charge is 0.461 e. The first-order chi connectivity index (χ1) is 11.5. The second-order valence-electron chi connectivity index (χ2n) is 5.12. The maximum atomic E-state index is 13.6. The van der Waals surface area contributed by atoms with E-state index in [-0.39, 0.29) is 17.9 Å². The Bertz CT molecular complexity index is 931. The van der Waals surface area contributed by atoms with Gasteiger partial charge in [0.25, 0.3) is 0 Å². The van der Waals surface area contributed by atoms with Crippen molar-refractivity contribution in [2.24, 2.45) is 0 Å². The Hall–Kier alpha value is -2.66. The van der Waals surface area contributed by atoms with Crippen LogP contribution in [0.2, 0.25) is 5.02 Å².